The fourth-order valence-corrected chi connectivity index (χ4v) is 12.8. The molecule has 0 radical (unpaired) electrons. The van der Waals surface area contributed by atoms with Crippen molar-refractivity contribution in [2.45, 2.75) is 149 Å². The number of aldehydes is 1. The Balaban J connectivity index is 1.86. The zero-order chi connectivity index (χ0) is 28.8. The third-order valence-corrected chi connectivity index (χ3v) is 15.3. The van der Waals surface area contributed by atoms with E-state index in [0.717, 1.165) is 12.8 Å². The summed E-state index contributed by atoms with van der Waals surface area (Å²) >= 11 is 0. The van der Waals surface area contributed by atoms with E-state index >= 15 is 0 Å². The van der Waals surface area contributed by atoms with Gasteiger partial charge in [-0.15, -0.1) is 0 Å². The molecule has 0 saturated heterocycles. The molecule has 0 aromatic rings. The molecule has 0 N–H and O–H groups in total. The SMILES string of the molecule is C=C1C(=CC=C2CCC[C@@]3(C)C2CC[C@@H]3[C@H](C)C=O)C[C@@H](O[Si](C)(C)CCCC)C[C@@H]1O[Si](C)(C)CCCC. The van der Waals surface area contributed by atoms with E-state index in [-0.39, 0.29) is 23.5 Å². The number of carbonyl (C=O) groups is 1. The second-order valence-corrected chi connectivity index (χ2v) is 23.1. The van der Waals surface area contributed by atoms with E-state index in [0.29, 0.717) is 11.8 Å². The number of hydrogen-bond donors (Lipinski definition) is 0. The molecule has 39 heavy (non-hydrogen) atoms. The van der Waals surface area contributed by atoms with Crippen LogP contribution in [0.3, 0.4) is 0 Å². The van der Waals surface area contributed by atoms with Crippen LogP contribution in [-0.2, 0) is 13.6 Å². The zero-order valence-corrected chi connectivity index (χ0v) is 28.7. The number of rotatable bonds is 13. The van der Waals surface area contributed by atoms with Gasteiger partial charge in [0, 0.05) is 12.3 Å². The largest absolute Gasteiger partial charge is 0.414 e. The summed E-state index contributed by atoms with van der Waals surface area (Å²) in [6, 6.07) is 2.44. The summed E-state index contributed by atoms with van der Waals surface area (Å²) in [6.45, 7) is 23.3. The van der Waals surface area contributed by atoms with Crippen LogP contribution in [0, 0.1) is 23.2 Å². The number of carbonyl (C=O) groups excluding carboxylic acids is 1. The monoisotopic (exact) mass is 572 g/mol. The highest BCUT2D eigenvalue weighted by Crippen LogP contribution is 2.59. The summed E-state index contributed by atoms with van der Waals surface area (Å²) < 4.78 is 13.9. The Kier molecular flexibility index (Phi) is 11.7. The Hall–Kier alpha value is -0.756. The Labute approximate surface area is 243 Å². The average Bonchev–Trinajstić information content (AvgIpc) is 3.24. The topological polar surface area (TPSA) is 35.5 Å². The van der Waals surface area contributed by atoms with Crippen molar-refractivity contribution in [3.05, 3.63) is 35.5 Å². The second kappa shape index (κ2) is 13.9. The van der Waals surface area contributed by atoms with Crippen LogP contribution in [0.5, 0.6) is 0 Å². The molecular weight excluding hydrogens is 513 g/mol. The van der Waals surface area contributed by atoms with Gasteiger partial charge in [0.25, 0.3) is 0 Å². The summed E-state index contributed by atoms with van der Waals surface area (Å²) in [7, 11) is -3.50. The smallest absolute Gasteiger partial charge is 0.187 e. The Morgan fingerprint density at radius 1 is 1.03 bits per heavy atom. The van der Waals surface area contributed by atoms with Crippen molar-refractivity contribution in [3.63, 3.8) is 0 Å². The first-order valence-corrected chi connectivity index (χ1v) is 22.5. The highest BCUT2D eigenvalue weighted by Gasteiger charge is 2.50. The maximum Gasteiger partial charge on any atom is 0.187 e. The van der Waals surface area contributed by atoms with Crippen molar-refractivity contribution in [1.82, 2.24) is 0 Å². The summed E-state index contributed by atoms with van der Waals surface area (Å²) in [6.07, 6.45) is 19.3. The highest BCUT2D eigenvalue weighted by atomic mass is 28.4. The minimum absolute atomic E-state index is 0.0730. The standard InChI is InChI=1S/C34H60O3Si2/c1-10-12-21-38(6,7)36-30-23-29(27(4)33(24-30)37-39(8,9)22-13-11-2)17-16-28-15-14-20-34(5)31(26(3)25-35)18-19-32(28)34/h16-17,25-26,30-33H,4,10-15,18-24H2,1-3,5-9H3/t26-,30-,31-,32?,33+,34-/m1/s1. The lowest BCUT2D eigenvalue weighted by Gasteiger charge is -2.43. The molecule has 6 atom stereocenters. The van der Waals surface area contributed by atoms with Crippen molar-refractivity contribution < 1.29 is 13.6 Å². The Bertz CT molecular complexity index is 904. The molecule has 0 aromatic heterocycles. The molecule has 3 fully saturated rings. The molecule has 3 aliphatic rings. The van der Waals surface area contributed by atoms with Crippen molar-refractivity contribution in [2.75, 3.05) is 0 Å². The van der Waals surface area contributed by atoms with E-state index in [9.17, 15) is 4.79 Å². The fourth-order valence-electron chi connectivity index (χ4n) is 8.04. The number of hydrogen-bond acceptors (Lipinski definition) is 3. The number of fused-ring (bicyclic) bond motifs is 1. The van der Waals surface area contributed by atoms with Gasteiger partial charge in [-0.2, -0.15) is 0 Å². The van der Waals surface area contributed by atoms with E-state index in [1.165, 1.54) is 87.3 Å². The van der Waals surface area contributed by atoms with E-state index < -0.39 is 16.6 Å². The van der Waals surface area contributed by atoms with Gasteiger partial charge in [0.05, 0.1) is 12.2 Å². The first-order valence-electron chi connectivity index (χ1n) is 16.3. The maximum absolute atomic E-state index is 11.7. The first-order chi connectivity index (χ1) is 18.4. The van der Waals surface area contributed by atoms with Crippen LogP contribution in [-0.4, -0.2) is 35.1 Å². The molecule has 222 valence electrons. The van der Waals surface area contributed by atoms with Crippen LogP contribution in [0.15, 0.2) is 35.5 Å². The van der Waals surface area contributed by atoms with E-state index in [1.54, 1.807) is 5.57 Å². The van der Waals surface area contributed by atoms with E-state index in [4.69, 9.17) is 8.85 Å². The van der Waals surface area contributed by atoms with Gasteiger partial charge in [0.2, 0.25) is 0 Å². The highest BCUT2D eigenvalue weighted by molar-refractivity contribution is 6.71. The van der Waals surface area contributed by atoms with Crippen molar-refractivity contribution >= 4 is 22.9 Å². The van der Waals surface area contributed by atoms with Gasteiger partial charge in [-0.1, -0.05) is 77.7 Å². The lowest BCUT2D eigenvalue weighted by Crippen LogP contribution is -2.44. The van der Waals surface area contributed by atoms with Crippen LogP contribution in [0.2, 0.25) is 38.3 Å². The maximum atomic E-state index is 11.7. The number of unbranched alkanes of at least 4 members (excludes halogenated alkanes) is 2. The lowest BCUT2D eigenvalue weighted by atomic mass is 9.61. The summed E-state index contributed by atoms with van der Waals surface area (Å²) in [5, 5.41) is 0. The molecule has 0 amide bonds. The van der Waals surface area contributed by atoms with Crippen LogP contribution < -0.4 is 0 Å². The molecule has 1 unspecified atom stereocenters. The molecule has 3 rings (SSSR count). The van der Waals surface area contributed by atoms with Crippen molar-refractivity contribution in [2.24, 2.45) is 23.2 Å². The Morgan fingerprint density at radius 2 is 1.67 bits per heavy atom. The molecule has 3 saturated carbocycles. The molecule has 0 spiro atoms. The van der Waals surface area contributed by atoms with E-state index in [2.05, 4.69) is 72.6 Å². The molecule has 5 heteroatoms. The normalized spacial score (nSPS) is 33.0. The molecule has 0 heterocycles. The molecule has 0 aromatic carbocycles. The average molecular weight is 573 g/mol. The minimum atomic E-state index is -1.77. The first kappa shape index (κ1) is 32.8. The summed E-state index contributed by atoms with van der Waals surface area (Å²) in [5.41, 5.74) is 4.38. The van der Waals surface area contributed by atoms with Crippen LogP contribution in [0.1, 0.15) is 98.3 Å². The predicted octanol–water partition coefficient (Wildman–Crippen LogP) is 10.0. The van der Waals surface area contributed by atoms with Gasteiger partial charge in [-0.3, -0.25) is 0 Å². The minimum Gasteiger partial charge on any atom is -0.414 e. The van der Waals surface area contributed by atoms with Crippen LogP contribution in [0.4, 0.5) is 0 Å². The van der Waals surface area contributed by atoms with Gasteiger partial charge in [0.15, 0.2) is 16.6 Å². The molecule has 0 bridgehead atoms. The summed E-state index contributed by atoms with van der Waals surface area (Å²) in [5.74, 6) is 1.28. The van der Waals surface area contributed by atoms with Crippen LogP contribution in [0.25, 0.3) is 0 Å². The zero-order valence-electron chi connectivity index (χ0n) is 26.7. The molecule has 0 aliphatic heterocycles. The second-order valence-electron chi connectivity index (χ2n) is 14.6. The third kappa shape index (κ3) is 8.39. The third-order valence-electron chi connectivity index (χ3n) is 10.3. The number of allylic oxidation sites excluding steroid dienone is 3. The van der Waals surface area contributed by atoms with Crippen molar-refractivity contribution in [3.8, 4) is 0 Å². The quantitative estimate of drug-likeness (QED) is 0.163. The lowest BCUT2D eigenvalue weighted by molar-refractivity contribution is -0.113. The summed E-state index contributed by atoms with van der Waals surface area (Å²) in [4.78, 5) is 11.7. The Morgan fingerprint density at radius 3 is 2.28 bits per heavy atom. The fraction of sp³-hybridized carbons (Fsp3) is 0.794. The van der Waals surface area contributed by atoms with Gasteiger partial charge >= 0.3 is 0 Å². The van der Waals surface area contributed by atoms with Gasteiger partial charge in [0.1, 0.15) is 6.29 Å². The molecular formula is C34H60O3Si2. The van der Waals surface area contributed by atoms with Gasteiger partial charge in [-0.05, 0) is 105 Å². The van der Waals surface area contributed by atoms with Crippen molar-refractivity contribution in [1.29, 1.82) is 0 Å². The van der Waals surface area contributed by atoms with E-state index in [1.807, 2.05) is 0 Å². The van der Waals surface area contributed by atoms with Gasteiger partial charge in [-0.25, -0.2) is 0 Å². The predicted molar refractivity (Wildman–Crippen MR) is 172 cm³/mol. The molecule has 3 nitrogen and oxygen atoms in total. The van der Waals surface area contributed by atoms with Gasteiger partial charge < -0.3 is 13.6 Å². The van der Waals surface area contributed by atoms with Crippen LogP contribution >= 0.6 is 0 Å². The molecule has 3 aliphatic carbocycles.